The van der Waals surface area contributed by atoms with Crippen molar-refractivity contribution >= 4 is 171 Å². The number of alkyl halides is 3. The van der Waals surface area contributed by atoms with Gasteiger partial charge in [0.15, 0.2) is 34.8 Å². The molecule has 2 unspecified atom stereocenters. The number of aldehydes is 1. The van der Waals surface area contributed by atoms with Crippen LogP contribution in [0.15, 0.2) is 103 Å². The number of ketones is 2. The van der Waals surface area contributed by atoms with Gasteiger partial charge in [-0.2, -0.15) is 13.2 Å². The van der Waals surface area contributed by atoms with Crippen molar-refractivity contribution in [3.63, 3.8) is 0 Å². The number of carbonyl (C=O) groups is 4. The van der Waals surface area contributed by atoms with Crippen LogP contribution in [0.1, 0.15) is 85.7 Å². The average Bonchev–Trinajstić information content (AvgIpc) is 2.69. The molecule has 3 aromatic heterocycles. The number of fused-ring (bicyclic) bond motifs is 3. The Hall–Kier alpha value is -4.88. The monoisotopic (exact) mass is 1530 g/mol. The van der Waals surface area contributed by atoms with E-state index in [2.05, 4.69) is 62.7 Å². The van der Waals surface area contributed by atoms with E-state index in [-0.39, 0.29) is 115 Å². The summed E-state index contributed by atoms with van der Waals surface area (Å²) in [6.07, 6.45) is -6.65. The van der Waals surface area contributed by atoms with E-state index in [9.17, 15) is 42.2 Å². The number of hydrogen-bond acceptors (Lipinski definition) is 16. The van der Waals surface area contributed by atoms with Gasteiger partial charge in [-0.05, 0) is 85.1 Å². The molecular formula is C59H49Br3Cl3F6N3O11S3. The summed E-state index contributed by atoms with van der Waals surface area (Å²) in [5.41, 5.74) is 8.22. The lowest BCUT2D eigenvalue weighted by Crippen LogP contribution is -2.25. The van der Waals surface area contributed by atoms with Crippen LogP contribution in [-0.2, 0) is 43.0 Å². The van der Waals surface area contributed by atoms with E-state index in [1.807, 2.05) is 19.9 Å². The molecule has 4 heterocycles. The lowest BCUT2D eigenvalue weighted by atomic mass is 9.96. The van der Waals surface area contributed by atoms with E-state index >= 15 is 8.78 Å². The summed E-state index contributed by atoms with van der Waals surface area (Å²) in [5.74, 6) is -4.23. The molecule has 1 aliphatic heterocycles. The molecule has 0 aliphatic carbocycles. The highest BCUT2D eigenvalue weighted by atomic mass is 79.9. The Morgan fingerprint density at radius 2 is 1.05 bits per heavy atom. The SMILES string of the molecule is C.CC1(C)OCC(COCC(=O)c2cc3scnc3c(F)c2Cc2ccc(Br)cc2Cl)O1.O=C(COCC(O)CO)c1cc2scnc2c(F)c1Cc1ccc(Br)cc1Cl.O=C(O)c1cc2scnc2c(F)c1Cc1ccc(Br)cc1Cl.O=CC(F)(F)F. The Balaban J connectivity index is 0.000000202. The van der Waals surface area contributed by atoms with Crippen LogP contribution in [0.5, 0.6) is 0 Å². The van der Waals surface area contributed by atoms with Crippen LogP contribution < -0.4 is 0 Å². The molecule has 29 heteroatoms. The number of halogens is 12. The number of thiazole rings is 3. The summed E-state index contributed by atoms with van der Waals surface area (Å²) in [5, 5.41) is 28.9. The van der Waals surface area contributed by atoms with Gasteiger partial charge in [-0.3, -0.25) is 14.4 Å². The molecule has 14 nitrogen and oxygen atoms in total. The number of aromatic carboxylic acids is 1. The predicted octanol–water partition coefficient (Wildman–Crippen LogP) is 16.3. The second kappa shape index (κ2) is 32.4. The average molecular weight is 1530 g/mol. The van der Waals surface area contributed by atoms with Gasteiger partial charge in [-0.15, -0.1) is 34.0 Å². The highest BCUT2D eigenvalue weighted by molar-refractivity contribution is 9.11. The molecule has 0 spiro atoms. The number of nitrogens with zero attached hydrogens (tertiary/aromatic N) is 3. The van der Waals surface area contributed by atoms with Crippen molar-refractivity contribution in [2.45, 2.75) is 64.7 Å². The van der Waals surface area contributed by atoms with Gasteiger partial charge in [0.25, 0.3) is 0 Å². The quantitative estimate of drug-likeness (QED) is 0.0415. The molecule has 0 saturated carbocycles. The first-order valence-electron chi connectivity index (χ1n) is 25.2. The molecular weight excluding hydrogens is 1480 g/mol. The number of aromatic nitrogens is 3. The van der Waals surface area contributed by atoms with Gasteiger partial charge >= 0.3 is 12.1 Å². The van der Waals surface area contributed by atoms with E-state index < -0.39 is 60.2 Å². The maximum atomic E-state index is 15.3. The van der Waals surface area contributed by atoms with Crippen LogP contribution >= 0.6 is 117 Å². The standard InChI is InChI=1S/C22H20BrClFNO4S.C19H16BrClFNO4S.C15H8BrClFNO2S.C2HF3O.CH4/c1-22(2)29-9-14(30-22)8-28-10-18(27)15-7-19-21(26-11-31-19)20(25)16(15)5-12-3-4-13(23)6-17(12)24;20-11-2-1-10(15(21)4-11)3-14-13(16(26)8-27-7-12(25)6-24)5-17-19(18(14)22)23-9-28-17;16-8-2-1-7(11(17)4-8)3-9-10(15(20)21)5-12-14(13(9)18)19-6-22-12;3-2(4,5)1-6;/h3-4,6-7,11,14H,5,8-10H2,1-2H3;1-2,4-5,9,12,24-25H,3,6-8H2;1-2,4-6H,3H2,(H,20,21);1H;1H4. The molecule has 0 bridgehead atoms. The second-order valence-corrected chi connectivity index (χ2v) is 25.7. The minimum absolute atomic E-state index is 0. The summed E-state index contributed by atoms with van der Waals surface area (Å²) < 4.78 is 102. The number of carbonyl (C=O) groups excluding carboxylic acids is 3. The fraction of sp³-hybridized carbons (Fsp3) is 0.271. The largest absolute Gasteiger partial charge is 0.478 e. The third-order valence-electron chi connectivity index (χ3n) is 12.5. The van der Waals surface area contributed by atoms with Gasteiger partial charge in [0.1, 0.15) is 42.0 Å². The third kappa shape index (κ3) is 19.3. The number of hydrogen-bond donors (Lipinski definition) is 3. The van der Waals surface area contributed by atoms with Gasteiger partial charge < -0.3 is 34.3 Å². The van der Waals surface area contributed by atoms with Crippen molar-refractivity contribution in [3.05, 3.63) is 185 Å². The van der Waals surface area contributed by atoms with Crippen molar-refractivity contribution < 1.29 is 79.8 Å². The molecule has 9 aromatic rings. The van der Waals surface area contributed by atoms with Crippen LogP contribution in [0, 0.1) is 17.5 Å². The first-order chi connectivity index (χ1) is 41.2. The second-order valence-electron chi connectivity index (χ2n) is 19.1. The van der Waals surface area contributed by atoms with Crippen molar-refractivity contribution in [2.24, 2.45) is 0 Å². The number of Topliss-reactive ketones (excluding diaryl/α,β-unsaturated/α-hetero) is 2. The Morgan fingerprint density at radius 1 is 0.682 bits per heavy atom. The number of ether oxygens (including phenoxy) is 4. The van der Waals surface area contributed by atoms with E-state index in [1.165, 1.54) is 51.1 Å². The molecule has 2 atom stereocenters. The summed E-state index contributed by atoms with van der Waals surface area (Å²) in [7, 11) is 0. The number of aliphatic hydroxyl groups excluding tert-OH is 2. The van der Waals surface area contributed by atoms with Crippen LogP contribution in [-0.4, -0.2) is 118 Å². The van der Waals surface area contributed by atoms with Crippen molar-refractivity contribution in [1.29, 1.82) is 0 Å². The normalized spacial score (nSPS) is 13.8. The number of rotatable bonds is 18. The van der Waals surface area contributed by atoms with Crippen LogP contribution in [0.25, 0.3) is 30.6 Å². The fourth-order valence-corrected chi connectivity index (χ4v) is 12.8. The molecule has 1 aliphatic rings. The van der Waals surface area contributed by atoms with E-state index in [0.717, 1.165) is 13.4 Å². The third-order valence-corrected chi connectivity index (χ3v) is 17.3. The van der Waals surface area contributed by atoms with Crippen molar-refractivity contribution in [1.82, 2.24) is 15.0 Å². The van der Waals surface area contributed by atoms with Gasteiger partial charge in [-0.1, -0.05) is 108 Å². The van der Waals surface area contributed by atoms with Crippen LogP contribution in [0.4, 0.5) is 26.3 Å². The topological polar surface area (TPSA) is 205 Å². The molecule has 1 fully saturated rings. The summed E-state index contributed by atoms with van der Waals surface area (Å²) in [4.78, 5) is 58.0. The minimum Gasteiger partial charge on any atom is -0.478 e. The Bertz CT molecular complexity index is 3990. The lowest BCUT2D eigenvalue weighted by Gasteiger charge is -2.17. The highest BCUT2D eigenvalue weighted by Crippen LogP contribution is 2.35. The molecule has 88 heavy (non-hydrogen) atoms. The zero-order valence-electron chi connectivity index (χ0n) is 45.0. The maximum Gasteiger partial charge on any atom is 0.446 e. The zero-order valence-corrected chi connectivity index (χ0v) is 54.4. The van der Waals surface area contributed by atoms with Gasteiger partial charge in [0.2, 0.25) is 6.29 Å². The molecule has 468 valence electrons. The van der Waals surface area contributed by atoms with Crippen LogP contribution in [0.2, 0.25) is 15.1 Å². The first-order valence-corrected chi connectivity index (χ1v) is 31.4. The zero-order chi connectivity index (χ0) is 63.5. The van der Waals surface area contributed by atoms with E-state index in [0.29, 0.717) is 52.5 Å². The molecule has 0 radical (unpaired) electrons. The predicted molar refractivity (Wildman–Crippen MR) is 339 cm³/mol. The molecule has 3 N–H and O–H groups in total. The van der Waals surface area contributed by atoms with Gasteiger partial charge in [0.05, 0.1) is 62.6 Å². The minimum atomic E-state index is -4.64. The van der Waals surface area contributed by atoms with E-state index in [1.54, 1.807) is 66.2 Å². The highest BCUT2D eigenvalue weighted by Gasteiger charge is 2.33. The molecule has 6 aromatic carbocycles. The molecule has 10 rings (SSSR count). The van der Waals surface area contributed by atoms with Crippen molar-refractivity contribution in [2.75, 3.05) is 39.6 Å². The molecule has 0 amide bonds. The van der Waals surface area contributed by atoms with Gasteiger partial charge in [0, 0.05) is 75.6 Å². The van der Waals surface area contributed by atoms with Crippen LogP contribution in [0.3, 0.4) is 0 Å². The number of benzene rings is 6. The Morgan fingerprint density at radius 3 is 1.38 bits per heavy atom. The van der Waals surface area contributed by atoms with Gasteiger partial charge in [-0.25, -0.2) is 32.9 Å². The first kappa shape index (κ1) is 72.2. The number of aliphatic hydroxyl groups is 2. The Kier molecular flexibility index (Phi) is 26.6. The summed E-state index contributed by atoms with van der Waals surface area (Å²) in [6.45, 7) is 3.07. The maximum absolute atomic E-state index is 15.3. The summed E-state index contributed by atoms with van der Waals surface area (Å²) >= 11 is 32.5. The number of carboxylic acid groups (broad SMARTS) is 1. The number of carboxylic acids is 1. The molecule has 1 saturated heterocycles. The lowest BCUT2D eigenvalue weighted by molar-refractivity contribution is -0.156. The summed E-state index contributed by atoms with van der Waals surface area (Å²) in [6, 6.07) is 20.6. The Labute approximate surface area is 551 Å². The van der Waals surface area contributed by atoms with Crippen molar-refractivity contribution in [3.8, 4) is 0 Å². The van der Waals surface area contributed by atoms with E-state index in [4.69, 9.17) is 63.7 Å². The fourth-order valence-electron chi connectivity index (χ4n) is 8.40. The smallest absolute Gasteiger partial charge is 0.446 e.